The lowest BCUT2D eigenvalue weighted by Gasteiger charge is -2.05. The van der Waals surface area contributed by atoms with E-state index < -0.39 is 15.8 Å². The van der Waals surface area contributed by atoms with Crippen LogP contribution in [0.1, 0.15) is 6.42 Å². The van der Waals surface area contributed by atoms with Gasteiger partial charge in [0, 0.05) is 0 Å². The third kappa shape index (κ3) is 3.12. The van der Waals surface area contributed by atoms with Crippen molar-refractivity contribution < 1.29 is 12.8 Å². The molecule has 0 aliphatic carbocycles. The van der Waals surface area contributed by atoms with Gasteiger partial charge in [-0.1, -0.05) is 0 Å². The van der Waals surface area contributed by atoms with E-state index in [4.69, 9.17) is 11.1 Å². The van der Waals surface area contributed by atoms with Crippen LogP contribution < -0.4 is 5.73 Å². The van der Waals surface area contributed by atoms with E-state index in [1.54, 1.807) is 0 Å². The van der Waals surface area contributed by atoms with Crippen LogP contribution in [-0.2, 0) is 10.0 Å². The average Bonchev–Trinajstić information content (AvgIpc) is 2.30. The number of benzene rings is 1. The fourth-order valence-electron chi connectivity index (χ4n) is 1.17. The third-order valence-corrected chi connectivity index (χ3v) is 3.72. The van der Waals surface area contributed by atoms with Crippen molar-refractivity contribution in [3.63, 3.8) is 0 Å². The Balaban J connectivity index is 3.01. The van der Waals surface area contributed by atoms with Gasteiger partial charge in [-0.25, -0.2) is 4.39 Å². The summed E-state index contributed by atoms with van der Waals surface area (Å²) in [7, 11) is -3.95. The predicted molar refractivity (Wildman–Crippen MR) is 59.0 cm³/mol. The van der Waals surface area contributed by atoms with E-state index in [0.29, 0.717) is 10.8 Å². The molecule has 0 spiro atoms. The van der Waals surface area contributed by atoms with Crippen LogP contribution in [0, 0.1) is 11.2 Å². The second kappa shape index (κ2) is 5.56. The number of diazo groups is 1. The molecule has 17 heavy (non-hydrogen) atoms. The maximum Gasteiger partial charge on any atom is 0.326 e. The smallest absolute Gasteiger partial charge is 0.326 e. The monoisotopic (exact) mass is 259 g/mol. The molecule has 1 rings (SSSR count). The van der Waals surface area contributed by atoms with Gasteiger partial charge in [0.1, 0.15) is 12.4 Å². The van der Waals surface area contributed by atoms with Crippen LogP contribution in [0.5, 0.6) is 0 Å². The average molecular weight is 259 g/mol. The molecule has 1 aromatic rings. The van der Waals surface area contributed by atoms with Gasteiger partial charge in [0.05, 0.1) is 9.31 Å². The zero-order valence-corrected chi connectivity index (χ0v) is 9.77. The number of nitrogens with two attached hydrogens (primary N) is 1. The first-order chi connectivity index (χ1) is 8.02. The van der Waals surface area contributed by atoms with Gasteiger partial charge < -0.3 is 5.73 Å². The maximum atomic E-state index is 12.7. The molecule has 0 aromatic heterocycles. The van der Waals surface area contributed by atoms with E-state index in [9.17, 15) is 12.8 Å². The van der Waals surface area contributed by atoms with Gasteiger partial charge in [-0.15, -0.1) is 0 Å². The van der Waals surface area contributed by atoms with Gasteiger partial charge in [0.25, 0.3) is 5.39 Å². The molecule has 0 radical (unpaired) electrons. The van der Waals surface area contributed by atoms with Crippen LogP contribution in [0.2, 0.25) is 0 Å². The molecular weight excluding hydrogens is 247 g/mol. The molecule has 0 atom stereocenters. The SMILES string of the molecule is N#[N+]N(CCCN)S(=O)(=O)c1ccc(F)cc1. The highest BCUT2D eigenvalue weighted by Crippen LogP contribution is 2.16. The van der Waals surface area contributed by atoms with E-state index in [2.05, 4.69) is 5.08 Å². The maximum absolute atomic E-state index is 12.7. The second-order valence-electron chi connectivity index (χ2n) is 3.24. The first kappa shape index (κ1) is 13.3. The van der Waals surface area contributed by atoms with Gasteiger partial charge in [0.15, 0.2) is 0 Å². The zero-order chi connectivity index (χ0) is 12.9. The highest BCUT2D eigenvalue weighted by atomic mass is 32.2. The predicted octanol–water partition coefficient (Wildman–Crippen LogP) is 0.933. The van der Waals surface area contributed by atoms with Gasteiger partial charge in [-0.05, 0) is 37.2 Å². The van der Waals surface area contributed by atoms with Crippen molar-refractivity contribution in [2.24, 2.45) is 5.73 Å². The molecule has 0 amide bonds. The van der Waals surface area contributed by atoms with Crippen LogP contribution in [0.4, 0.5) is 4.39 Å². The van der Waals surface area contributed by atoms with Crippen LogP contribution in [-0.4, -0.2) is 25.9 Å². The van der Waals surface area contributed by atoms with Crippen molar-refractivity contribution in [3.8, 4) is 0 Å². The zero-order valence-electron chi connectivity index (χ0n) is 8.95. The summed E-state index contributed by atoms with van der Waals surface area (Å²) in [6.07, 6.45) is 0.352. The summed E-state index contributed by atoms with van der Waals surface area (Å²) >= 11 is 0. The van der Waals surface area contributed by atoms with Gasteiger partial charge in [-0.3, -0.25) is 0 Å². The van der Waals surface area contributed by atoms with E-state index >= 15 is 0 Å². The minimum absolute atomic E-state index is 0.0350. The molecule has 0 bridgehead atoms. The summed E-state index contributed by atoms with van der Waals surface area (Å²) in [5.41, 5.74) is 5.24. The lowest BCUT2D eigenvalue weighted by atomic mass is 10.4. The van der Waals surface area contributed by atoms with Crippen molar-refractivity contribution in [1.82, 2.24) is 4.41 Å². The topological polar surface area (TPSA) is 91.5 Å². The number of hydrogen-bond donors (Lipinski definition) is 1. The molecule has 8 heteroatoms. The van der Waals surface area contributed by atoms with Crippen molar-refractivity contribution >= 4 is 10.0 Å². The highest BCUT2D eigenvalue weighted by Gasteiger charge is 2.32. The normalized spacial score (nSPS) is 10.9. The summed E-state index contributed by atoms with van der Waals surface area (Å²) in [6, 6.07) is 4.24. The minimum atomic E-state index is -3.95. The largest absolute Gasteiger partial charge is 0.330 e. The van der Waals surface area contributed by atoms with Crippen molar-refractivity contribution in [2.75, 3.05) is 13.1 Å². The first-order valence-electron chi connectivity index (χ1n) is 4.85. The summed E-state index contributed by atoms with van der Waals surface area (Å²) in [5.74, 6) is -0.543. The molecule has 2 N–H and O–H groups in total. The molecule has 92 valence electrons. The Morgan fingerprint density at radius 3 is 2.41 bits per heavy atom. The Hall–Kier alpha value is -1.72. The summed E-state index contributed by atoms with van der Waals surface area (Å²) < 4.78 is 37.0. The Bertz CT molecular complexity index is 509. The van der Waals surface area contributed by atoms with Crippen molar-refractivity contribution in [3.05, 3.63) is 35.2 Å². The number of halogens is 1. The molecule has 6 nitrogen and oxygen atoms in total. The summed E-state index contributed by atoms with van der Waals surface area (Å²) in [5, 5.41) is 11.4. The molecule has 0 unspecified atom stereocenters. The molecule has 0 saturated carbocycles. The first-order valence-corrected chi connectivity index (χ1v) is 6.29. The minimum Gasteiger partial charge on any atom is -0.330 e. The number of hydrogen-bond acceptors (Lipinski definition) is 4. The van der Waals surface area contributed by atoms with Crippen molar-refractivity contribution in [2.45, 2.75) is 11.3 Å². The Morgan fingerprint density at radius 1 is 1.35 bits per heavy atom. The Labute approximate surface area is 98.5 Å². The standard InChI is InChI=1S/C9H12FN4O2S/c10-8-2-4-9(5-3-8)17(15,16)14(13-12)7-1-6-11/h2-5H,1,6-7,11H2/q+1. The molecular formula is C9H12FN4O2S+. The Morgan fingerprint density at radius 2 is 1.94 bits per heavy atom. The fraction of sp³-hybridized carbons (Fsp3) is 0.333. The number of rotatable bonds is 5. The van der Waals surface area contributed by atoms with Crippen LogP contribution >= 0.6 is 0 Å². The lowest BCUT2D eigenvalue weighted by Crippen LogP contribution is -2.26. The van der Waals surface area contributed by atoms with Gasteiger partial charge in [0.2, 0.25) is 0 Å². The molecule has 1 aromatic carbocycles. The Kier molecular flexibility index (Phi) is 4.37. The van der Waals surface area contributed by atoms with E-state index in [1.165, 1.54) is 0 Å². The number of nitrogens with zero attached hydrogens (tertiary/aromatic N) is 3. The van der Waals surface area contributed by atoms with E-state index in [1.807, 2.05) is 0 Å². The quantitative estimate of drug-likeness (QED) is 0.629. The second-order valence-corrected chi connectivity index (χ2v) is 5.08. The lowest BCUT2D eigenvalue weighted by molar-refractivity contribution is 0.482. The number of sulfonamides is 1. The molecule has 0 heterocycles. The van der Waals surface area contributed by atoms with Crippen LogP contribution in [0.3, 0.4) is 0 Å². The molecule has 0 saturated heterocycles. The summed E-state index contributed by atoms with van der Waals surface area (Å²) in [4.78, 5) is -0.145. The van der Waals surface area contributed by atoms with Gasteiger partial charge >= 0.3 is 15.1 Å². The van der Waals surface area contributed by atoms with Gasteiger partial charge in [-0.2, -0.15) is 8.42 Å². The van der Waals surface area contributed by atoms with Crippen LogP contribution in [0.15, 0.2) is 29.2 Å². The molecule has 0 aliphatic heterocycles. The van der Waals surface area contributed by atoms with Crippen LogP contribution in [0.25, 0.3) is 5.08 Å². The third-order valence-electron chi connectivity index (χ3n) is 2.04. The molecule has 0 aliphatic rings. The van der Waals surface area contributed by atoms with Crippen molar-refractivity contribution in [1.29, 1.82) is 5.39 Å². The fourth-order valence-corrected chi connectivity index (χ4v) is 2.36. The van der Waals surface area contributed by atoms with E-state index in [0.717, 1.165) is 24.3 Å². The summed E-state index contributed by atoms with van der Waals surface area (Å²) in [6.45, 7) is 0.234. The molecule has 0 fully saturated rings. The van der Waals surface area contributed by atoms with E-state index in [-0.39, 0.29) is 18.0 Å². The highest BCUT2D eigenvalue weighted by molar-refractivity contribution is 7.89.